The van der Waals surface area contributed by atoms with E-state index in [1.807, 2.05) is 18.3 Å². The van der Waals surface area contributed by atoms with Crippen molar-refractivity contribution < 1.29 is 0 Å². The van der Waals surface area contributed by atoms with Crippen molar-refractivity contribution in [3.63, 3.8) is 0 Å². The molecule has 7 heteroatoms. The van der Waals surface area contributed by atoms with Crippen LogP contribution in [0.25, 0.3) is 0 Å². The zero-order valence-corrected chi connectivity index (χ0v) is 20.3. The van der Waals surface area contributed by atoms with E-state index in [1.54, 1.807) is 0 Å². The number of thiocarbonyl (C=S) groups is 1. The van der Waals surface area contributed by atoms with Crippen LogP contribution in [-0.2, 0) is 0 Å². The maximum absolute atomic E-state index is 5.81. The fraction of sp³-hybridized carbons (Fsp3) is 0.238. The molecule has 0 saturated carbocycles. The van der Waals surface area contributed by atoms with Gasteiger partial charge in [0.1, 0.15) is 0 Å². The van der Waals surface area contributed by atoms with E-state index in [1.165, 1.54) is 20.4 Å². The molecular formula is C21H20BrIN4S. The van der Waals surface area contributed by atoms with Gasteiger partial charge in [0.05, 0.1) is 17.8 Å². The number of aryl methyl sites for hydroxylation is 3. The number of anilines is 1. The van der Waals surface area contributed by atoms with Crippen LogP contribution in [0.15, 0.2) is 47.1 Å². The maximum Gasteiger partial charge on any atom is 0.174 e. The predicted molar refractivity (Wildman–Crippen MR) is 130 cm³/mol. The molecule has 1 aliphatic rings. The normalized spacial score (nSPS) is 19.2. The first-order valence-electron chi connectivity index (χ1n) is 9.00. The molecule has 0 bridgehead atoms. The largest absolute Gasteiger partial charge is 0.362 e. The molecule has 0 unspecified atom stereocenters. The lowest BCUT2D eigenvalue weighted by molar-refractivity contribution is 0.564. The topological polar surface area (TPSA) is 44.0 Å². The van der Waals surface area contributed by atoms with Crippen LogP contribution >= 0.6 is 50.7 Å². The lowest BCUT2D eigenvalue weighted by Crippen LogP contribution is -2.29. The van der Waals surface area contributed by atoms with Crippen molar-refractivity contribution in [3.8, 4) is 0 Å². The average Bonchev–Trinajstić information content (AvgIpc) is 3.13. The molecule has 4 nitrogen and oxygen atoms in total. The van der Waals surface area contributed by atoms with Crippen molar-refractivity contribution >= 4 is 61.5 Å². The van der Waals surface area contributed by atoms with Crippen LogP contribution in [0.1, 0.15) is 40.3 Å². The first-order chi connectivity index (χ1) is 13.4. The lowest BCUT2D eigenvalue weighted by Gasteiger charge is -2.29. The SMILES string of the molecule is Cc1cc(N2C(=S)N[C@@H](c3ccccn3)[C@H]2c2c(C)[nH]c(C)c2I)ccc1Br. The summed E-state index contributed by atoms with van der Waals surface area (Å²) in [5.74, 6) is 0. The molecule has 144 valence electrons. The number of pyridine rings is 1. The zero-order chi connectivity index (χ0) is 20.0. The Labute approximate surface area is 192 Å². The van der Waals surface area contributed by atoms with Gasteiger partial charge in [-0.15, -0.1) is 0 Å². The number of hydrogen-bond acceptors (Lipinski definition) is 2. The van der Waals surface area contributed by atoms with Crippen molar-refractivity contribution in [1.82, 2.24) is 15.3 Å². The Morgan fingerprint density at radius 2 is 1.93 bits per heavy atom. The monoisotopic (exact) mass is 566 g/mol. The zero-order valence-electron chi connectivity index (χ0n) is 15.8. The predicted octanol–water partition coefficient (Wildman–Crippen LogP) is 5.88. The quantitative estimate of drug-likeness (QED) is 0.307. The van der Waals surface area contributed by atoms with Gasteiger partial charge in [-0.25, -0.2) is 0 Å². The molecule has 0 amide bonds. The minimum absolute atomic E-state index is 0.0137. The van der Waals surface area contributed by atoms with Crippen molar-refractivity contribution in [2.24, 2.45) is 0 Å². The summed E-state index contributed by atoms with van der Waals surface area (Å²) in [5.41, 5.74) is 6.85. The summed E-state index contributed by atoms with van der Waals surface area (Å²) >= 11 is 11.9. The molecule has 0 radical (unpaired) electrons. The highest BCUT2D eigenvalue weighted by Crippen LogP contribution is 2.45. The van der Waals surface area contributed by atoms with Gasteiger partial charge >= 0.3 is 0 Å². The van der Waals surface area contributed by atoms with Crippen LogP contribution in [0.4, 0.5) is 5.69 Å². The molecule has 1 fully saturated rings. The summed E-state index contributed by atoms with van der Waals surface area (Å²) in [6.45, 7) is 6.34. The molecule has 1 aliphatic heterocycles. The Hall–Kier alpha value is -1.45. The fourth-order valence-corrected chi connectivity index (χ4v) is 5.28. The molecule has 2 aromatic heterocycles. The Kier molecular flexibility index (Phi) is 5.50. The van der Waals surface area contributed by atoms with Crippen molar-refractivity contribution in [3.05, 3.63) is 78.8 Å². The van der Waals surface area contributed by atoms with Crippen molar-refractivity contribution in [2.45, 2.75) is 32.9 Å². The minimum Gasteiger partial charge on any atom is -0.362 e. The molecule has 1 saturated heterocycles. The first-order valence-corrected chi connectivity index (χ1v) is 11.3. The third-order valence-corrected chi connectivity index (χ3v) is 7.75. The van der Waals surface area contributed by atoms with Gasteiger partial charge < -0.3 is 15.2 Å². The highest BCUT2D eigenvalue weighted by molar-refractivity contribution is 14.1. The number of hydrogen-bond donors (Lipinski definition) is 2. The highest BCUT2D eigenvalue weighted by Gasteiger charge is 2.43. The van der Waals surface area contributed by atoms with E-state index in [0.29, 0.717) is 0 Å². The summed E-state index contributed by atoms with van der Waals surface area (Å²) in [7, 11) is 0. The molecule has 3 aromatic rings. The van der Waals surface area contributed by atoms with E-state index in [4.69, 9.17) is 12.2 Å². The van der Waals surface area contributed by atoms with Gasteiger partial charge in [0.25, 0.3) is 0 Å². The highest BCUT2D eigenvalue weighted by atomic mass is 127. The first kappa shape index (κ1) is 19.8. The number of rotatable bonds is 3. The minimum atomic E-state index is -0.0277. The Bertz CT molecular complexity index is 1050. The van der Waals surface area contributed by atoms with Gasteiger partial charge in [-0.2, -0.15) is 0 Å². The summed E-state index contributed by atoms with van der Waals surface area (Å²) in [4.78, 5) is 10.4. The fourth-order valence-electron chi connectivity index (χ4n) is 3.83. The number of nitrogens with one attached hydrogen (secondary N) is 2. The second-order valence-corrected chi connectivity index (χ2v) is 9.35. The molecular weight excluding hydrogens is 547 g/mol. The van der Waals surface area contributed by atoms with Crippen LogP contribution in [0.5, 0.6) is 0 Å². The van der Waals surface area contributed by atoms with Gasteiger partial charge in [0.2, 0.25) is 0 Å². The number of aromatic amines is 1. The Morgan fingerprint density at radius 1 is 1.14 bits per heavy atom. The van der Waals surface area contributed by atoms with Gasteiger partial charge in [-0.05, 0) is 91.5 Å². The van der Waals surface area contributed by atoms with Gasteiger partial charge in [-0.1, -0.05) is 22.0 Å². The van der Waals surface area contributed by atoms with E-state index in [2.05, 4.69) is 104 Å². The number of H-pyrrole nitrogens is 1. The molecule has 3 heterocycles. The number of halogens is 2. The van der Waals surface area contributed by atoms with Crippen molar-refractivity contribution in [2.75, 3.05) is 4.90 Å². The Morgan fingerprint density at radius 3 is 2.54 bits per heavy atom. The van der Waals surface area contributed by atoms with E-state index in [9.17, 15) is 0 Å². The van der Waals surface area contributed by atoms with Gasteiger partial charge in [0.15, 0.2) is 5.11 Å². The van der Waals surface area contributed by atoms with Crippen LogP contribution in [0, 0.1) is 24.3 Å². The summed E-state index contributed by atoms with van der Waals surface area (Å²) < 4.78 is 2.33. The molecule has 4 rings (SSSR count). The number of benzene rings is 1. The van der Waals surface area contributed by atoms with E-state index >= 15 is 0 Å². The van der Waals surface area contributed by atoms with Crippen LogP contribution in [0.2, 0.25) is 0 Å². The summed E-state index contributed by atoms with van der Waals surface area (Å²) in [6, 6.07) is 12.4. The number of nitrogens with zero attached hydrogens (tertiary/aromatic N) is 2. The summed E-state index contributed by atoms with van der Waals surface area (Å²) in [5, 5.41) is 4.25. The third-order valence-electron chi connectivity index (χ3n) is 5.16. The smallest absolute Gasteiger partial charge is 0.174 e. The Balaban J connectivity index is 1.91. The molecule has 1 aromatic carbocycles. The van der Waals surface area contributed by atoms with Crippen LogP contribution in [0.3, 0.4) is 0 Å². The second-order valence-electron chi connectivity index (χ2n) is 7.03. The molecule has 2 atom stereocenters. The van der Waals surface area contributed by atoms with Crippen LogP contribution in [-0.4, -0.2) is 15.1 Å². The maximum atomic E-state index is 5.81. The van der Waals surface area contributed by atoms with E-state index in [0.717, 1.165) is 26.7 Å². The second kappa shape index (κ2) is 7.76. The number of aromatic nitrogens is 2. The summed E-state index contributed by atoms with van der Waals surface area (Å²) in [6.07, 6.45) is 1.84. The van der Waals surface area contributed by atoms with Gasteiger partial charge in [0, 0.05) is 36.9 Å². The molecule has 2 N–H and O–H groups in total. The molecule has 0 aliphatic carbocycles. The van der Waals surface area contributed by atoms with Crippen LogP contribution < -0.4 is 10.2 Å². The average molecular weight is 567 g/mol. The van der Waals surface area contributed by atoms with E-state index in [-0.39, 0.29) is 12.1 Å². The standard InChI is InChI=1S/C21H20BrIN4S/c1-11-10-14(7-8-15(11)22)27-20(17-12(2)25-13(3)18(17)23)19(26-21(27)28)16-6-4-5-9-24-16/h4-10,19-20,25H,1-3H3,(H,26,28)/t19-,20+/m0/s1. The van der Waals surface area contributed by atoms with Gasteiger partial charge in [-0.3, -0.25) is 4.98 Å². The lowest BCUT2D eigenvalue weighted by atomic mass is 9.96. The van der Waals surface area contributed by atoms with E-state index < -0.39 is 0 Å². The van der Waals surface area contributed by atoms with Crippen molar-refractivity contribution in [1.29, 1.82) is 0 Å². The third kappa shape index (κ3) is 3.37. The molecule has 0 spiro atoms. The molecule has 28 heavy (non-hydrogen) atoms.